The Morgan fingerprint density at radius 3 is 2.60 bits per heavy atom. The van der Waals surface area contributed by atoms with Crippen molar-refractivity contribution in [3.8, 4) is 22.9 Å². The molecular formula is C27H25F3N6O3S. The van der Waals surface area contributed by atoms with Gasteiger partial charge in [0.1, 0.15) is 11.8 Å². The first-order valence-corrected chi connectivity index (χ1v) is 13.3. The van der Waals surface area contributed by atoms with Gasteiger partial charge in [0.25, 0.3) is 0 Å². The first-order valence-electron chi connectivity index (χ1n) is 12.4. The highest BCUT2D eigenvalue weighted by Gasteiger charge is 2.36. The number of hydrogen-bond donors (Lipinski definition) is 2. The van der Waals surface area contributed by atoms with E-state index < -0.39 is 17.8 Å². The summed E-state index contributed by atoms with van der Waals surface area (Å²) in [6.45, 7) is 6.06. The number of rotatable bonds is 7. The quantitative estimate of drug-likeness (QED) is 0.283. The lowest BCUT2D eigenvalue weighted by molar-refractivity contribution is -0.137. The Hall–Kier alpha value is -4.10. The smallest absolute Gasteiger partial charge is 0.416 e. The Morgan fingerprint density at radius 2 is 1.93 bits per heavy atom. The van der Waals surface area contributed by atoms with Gasteiger partial charge in [0.15, 0.2) is 10.9 Å². The van der Waals surface area contributed by atoms with Gasteiger partial charge in [-0.25, -0.2) is 15.0 Å². The number of carbonyl (C=O) groups excluding carboxylic acids is 2. The fourth-order valence-electron chi connectivity index (χ4n) is 4.44. The molecule has 0 bridgehead atoms. The molecule has 2 aromatic heterocycles. The summed E-state index contributed by atoms with van der Waals surface area (Å²) in [6, 6.07) is 9.58. The number of thiazole rings is 1. The number of fused-ring (bicyclic) bond motifs is 1. The molecule has 4 aromatic rings. The highest BCUT2D eigenvalue weighted by Crippen LogP contribution is 2.38. The van der Waals surface area contributed by atoms with Gasteiger partial charge < -0.3 is 15.4 Å². The zero-order chi connectivity index (χ0) is 28.6. The molecule has 0 radical (unpaired) electrons. The molecule has 3 heterocycles. The summed E-state index contributed by atoms with van der Waals surface area (Å²) in [4.78, 5) is 39.2. The van der Waals surface area contributed by atoms with E-state index in [9.17, 15) is 22.8 Å². The summed E-state index contributed by atoms with van der Waals surface area (Å²) in [6.07, 6.45) is -2.75. The number of aromatic nitrogens is 3. The Labute approximate surface area is 231 Å². The lowest BCUT2D eigenvalue weighted by Gasteiger charge is -2.42. The van der Waals surface area contributed by atoms with Gasteiger partial charge in [-0.15, -0.1) is 0 Å². The van der Waals surface area contributed by atoms with Gasteiger partial charge in [0.05, 0.1) is 27.7 Å². The first kappa shape index (κ1) is 27.5. The van der Waals surface area contributed by atoms with Gasteiger partial charge >= 0.3 is 6.18 Å². The van der Waals surface area contributed by atoms with Crippen LogP contribution in [0, 0.1) is 0 Å². The second kappa shape index (κ2) is 10.8. The predicted octanol–water partition coefficient (Wildman–Crippen LogP) is 5.94. The molecule has 1 atom stereocenters. The Bertz CT molecular complexity index is 1590. The molecule has 0 spiro atoms. The molecule has 0 unspecified atom stereocenters. The van der Waals surface area contributed by atoms with Crippen molar-refractivity contribution in [2.45, 2.75) is 45.5 Å². The largest absolute Gasteiger partial charge is 0.437 e. The minimum Gasteiger partial charge on any atom is -0.437 e. The van der Waals surface area contributed by atoms with Gasteiger partial charge in [-0.3, -0.25) is 14.5 Å². The molecule has 2 amide bonds. The van der Waals surface area contributed by atoms with E-state index in [1.165, 1.54) is 36.7 Å². The first-order chi connectivity index (χ1) is 19.0. The average Bonchev–Trinajstić information content (AvgIpc) is 3.25. The van der Waals surface area contributed by atoms with E-state index in [4.69, 9.17) is 4.74 Å². The van der Waals surface area contributed by atoms with Crippen molar-refractivity contribution in [2.75, 3.05) is 17.2 Å². The standard InChI is InChI=1S/C27H25F3N6O3S/c1-14(2)36-10-9-20(36)25(38)34-19-11-16(27(28,29)30)7-8-17(19)18-12-23(32-13-31-18)39-21-5-4-6-22-24(21)35-26(40-22)33-15(3)37/h4-8,11-14,20H,9-10H2,1-3H3,(H,34,38)(H,33,35,37)/t20-/m0/s1. The molecule has 40 heavy (non-hydrogen) atoms. The minimum absolute atomic E-state index is 0.0124. The average molecular weight is 571 g/mol. The van der Waals surface area contributed by atoms with Gasteiger partial charge in [-0.2, -0.15) is 13.2 Å². The highest BCUT2D eigenvalue weighted by atomic mass is 32.1. The van der Waals surface area contributed by atoms with E-state index in [-0.39, 0.29) is 40.7 Å². The van der Waals surface area contributed by atoms with Crippen molar-refractivity contribution in [1.82, 2.24) is 19.9 Å². The number of amides is 2. The normalized spacial score (nSPS) is 15.6. The molecule has 2 N–H and O–H groups in total. The third-order valence-electron chi connectivity index (χ3n) is 6.43. The lowest BCUT2D eigenvalue weighted by atomic mass is 9.99. The van der Waals surface area contributed by atoms with Gasteiger partial charge in [0.2, 0.25) is 17.7 Å². The fraction of sp³-hybridized carbons (Fsp3) is 0.296. The van der Waals surface area contributed by atoms with Crippen LogP contribution in [0.5, 0.6) is 11.6 Å². The van der Waals surface area contributed by atoms with Crippen LogP contribution in [-0.2, 0) is 15.8 Å². The summed E-state index contributed by atoms with van der Waals surface area (Å²) in [5, 5.41) is 5.75. The van der Waals surface area contributed by atoms with Crippen LogP contribution in [0.4, 0.5) is 24.0 Å². The van der Waals surface area contributed by atoms with Crippen molar-refractivity contribution < 1.29 is 27.5 Å². The highest BCUT2D eigenvalue weighted by molar-refractivity contribution is 7.22. The molecule has 1 fully saturated rings. The van der Waals surface area contributed by atoms with Crippen LogP contribution in [0.2, 0.25) is 0 Å². The Kier molecular flexibility index (Phi) is 7.43. The number of ether oxygens (including phenoxy) is 1. The van der Waals surface area contributed by atoms with Crippen LogP contribution >= 0.6 is 11.3 Å². The summed E-state index contributed by atoms with van der Waals surface area (Å²) in [5.74, 6) is -0.143. The number of hydrogen-bond acceptors (Lipinski definition) is 8. The topological polar surface area (TPSA) is 109 Å². The number of anilines is 2. The molecule has 208 valence electrons. The predicted molar refractivity (Wildman–Crippen MR) is 145 cm³/mol. The molecule has 1 aliphatic heterocycles. The molecular weight excluding hydrogens is 545 g/mol. The van der Waals surface area contributed by atoms with Crippen LogP contribution < -0.4 is 15.4 Å². The maximum absolute atomic E-state index is 13.6. The maximum atomic E-state index is 13.6. The Morgan fingerprint density at radius 1 is 1.12 bits per heavy atom. The zero-order valence-electron chi connectivity index (χ0n) is 21.7. The number of benzene rings is 2. The van der Waals surface area contributed by atoms with Crippen molar-refractivity contribution in [1.29, 1.82) is 0 Å². The van der Waals surface area contributed by atoms with E-state index in [0.717, 1.165) is 23.4 Å². The van der Waals surface area contributed by atoms with E-state index in [0.29, 0.717) is 22.8 Å². The summed E-state index contributed by atoms with van der Waals surface area (Å²) in [7, 11) is 0. The SMILES string of the molecule is CC(=O)Nc1nc2c(Oc3cc(-c4ccc(C(F)(F)F)cc4NC(=O)[C@@H]4CCN4C(C)C)ncn3)cccc2s1. The van der Waals surface area contributed by atoms with Crippen LogP contribution in [0.3, 0.4) is 0 Å². The van der Waals surface area contributed by atoms with Gasteiger partial charge in [-0.1, -0.05) is 23.5 Å². The number of nitrogens with zero attached hydrogens (tertiary/aromatic N) is 4. The van der Waals surface area contributed by atoms with Crippen LogP contribution in [-0.4, -0.2) is 50.3 Å². The number of halogens is 3. The Balaban J connectivity index is 1.47. The zero-order valence-corrected chi connectivity index (χ0v) is 22.6. The molecule has 5 rings (SSSR count). The molecule has 9 nitrogen and oxygen atoms in total. The molecule has 2 aromatic carbocycles. The summed E-state index contributed by atoms with van der Waals surface area (Å²) < 4.78 is 47.4. The van der Waals surface area contributed by atoms with Gasteiger partial charge in [0, 0.05) is 31.1 Å². The van der Waals surface area contributed by atoms with Crippen molar-refractivity contribution >= 4 is 44.2 Å². The molecule has 1 aliphatic rings. The third-order valence-corrected chi connectivity index (χ3v) is 7.37. The number of nitrogens with one attached hydrogen (secondary N) is 2. The maximum Gasteiger partial charge on any atom is 0.416 e. The molecule has 13 heteroatoms. The van der Waals surface area contributed by atoms with Crippen molar-refractivity contribution in [2.24, 2.45) is 0 Å². The fourth-order valence-corrected chi connectivity index (χ4v) is 5.36. The van der Waals surface area contributed by atoms with E-state index >= 15 is 0 Å². The second-order valence-electron chi connectivity index (χ2n) is 9.53. The van der Waals surface area contributed by atoms with E-state index in [2.05, 4.69) is 25.6 Å². The van der Waals surface area contributed by atoms with E-state index in [1.54, 1.807) is 12.1 Å². The molecule has 1 saturated heterocycles. The number of alkyl halides is 3. The van der Waals surface area contributed by atoms with Crippen LogP contribution in [0.15, 0.2) is 48.8 Å². The van der Waals surface area contributed by atoms with E-state index in [1.807, 2.05) is 24.8 Å². The van der Waals surface area contributed by atoms with Crippen LogP contribution in [0.25, 0.3) is 21.5 Å². The minimum atomic E-state index is -4.60. The monoisotopic (exact) mass is 570 g/mol. The molecule has 0 saturated carbocycles. The number of carbonyl (C=O) groups is 2. The third kappa shape index (κ3) is 5.75. The van der Waals surface area contributed by atoms with Crippen molar-refractivity contribution in [3.05, 3.63) is 54.4 Å². The second-order valence-corrected chi connectivity index (χ2v) is 10.6. The van der Waals surface area contributed by atoms with Crippen LogP contribution in [0.1, 0.15) is 32.8 Å². The lowest BCUT2D eigenvalue weighted by Crippen LogP contribution is -2.56. The summed E-state index contributed by atoms with van der Waals surface area (Å²) in [5.41, 5.74) is 0.142. The summed E-state index contributed by atoms with van der Waals surface area (Å²) >= 11 is 1.28. The number of likely N-dealkylation sites (tertiary alicyclic amines) is 1. The van der Waals surface area contributed by atoms with Crippen molar-refractivity contribution in [3.63, 3.8) is 0 Å². The number of para-hydroxylation sites is 1. The van der Waals surface area contributed by atoms with Gasteiger partial charge in [-0.05, 0) is 44.5 Å². The molecule has 0 aliphatic carbocycles.